The standard InChI is InChI=1S/C16H22O2Te/c1-2-18-13-15(16(17)11-7-4-8-12-16)19-14-9-5-3-6-10-14/h3,5-6,9-10,13,17H,2,4,7-8,11-12H2,1H3/b15-13-. The predicted octanol–water partition coefficient (Wildman–Crippen LogP) is 2.59. The van der Waals surface area contributed by atoms with Crippen LogP contribution in [0.25, 0.3) is 0 Å². The molecule has 1 aromatic carbocycles. The van der Waals surface area contributed by atoms with Crippen molar-refractivity contribution in [3.63, 3.8) is 0 Å². The van der Waals surface area contributed by atoms with Crippen LogP contribution in [0.2, 0.25) is 0 Å². The zero-order valence-corrected chi connectivity index (χ0v) is 13.8. The fourth-order valence-electron chi connectivity index (χ4n) is 2.39. The van der Waals surface area contributed by atoms with Crippen LogP contribution in [0.3, 0.4) is 0 Å². The quantitative estimate of drug-likeness (QED) is 0.635. The van der Waals surface area contributed by atoms with Crippen LogP contribution >= 0.6 is 0 Å². The molecular weight excluding hydrogens is 352 g/mol. The van der Waals surface area contributed by atoms with Gasteiger partial charge < -0.3 is 0 Å². The van der Waals surface area contributed by atoms with Crippen molar-refractivity contribution in [2.24, 2.45) is 0 Å². The first kappa shape index (κ1) is 14.9. The van der Waals surface area contributed by atoms with Crippen LogP contribution in [0.1, 0.15) is 39.0 Å². The fraction of sp³-hybridized carbons (Fsp3) is 0.500. The van der Waals surface area contributed by atoms with E-state index in [1.54, 1.807) is 0 Å². The molecule has 0 saturated heterocycles. The molecule has 0 radical (unpaired) electrons. The van der Waals surface area contributed by atoms with E-state index in [-0.39, 0.29) is 0 Å². The van der Waals surface area contributed by atoms with Gasteiger partial charge in [-0.15, -0.1) is 0 Å². The average Bonchev–Trinajstić information content (AvgIpc) is 2.45. The Morgan fingerprint density at radius 1 is 1.26 bits per heavy atom. The van der Waals surface area contributed by atoms with Gasteiger partial charge in [-0.25, -0.2) is 0 Å². The minimum atomic E-state index is -0.606. The van der Waals surface area contributed by atoms with Crippen molar-refractivity contribution in [3.05, 3.63) is 40.2 Å². The third-order valence-corrected chi connectivity index (χ3v) is 6.90. The summed E-state index contributed by atoms with van der Waals surface area (Å²) in [6, 6.07) is 10.5. The van der Waals surface area contributed by atoms with Crippen molar-refractivity contribution in [2.75, 3.05) is 6.61 Å². The molecule has 0 amide bonds. The van der Waals surface area contributed by atoms with Crippen LogP contribution in [0.4, 0.5) is 0 Å². The number of hydrogen-bond donors (Lipinski definition) is 1. The Bertz CT molecular complexity index is 408. The number of ether oxygens (including phenoxy) is 1. The van der Waals surface area contributed by atoms with Gasteiger partial charge in [0.25, 0.3) is 0 Å². The Balaban J connectivity index is 2.16. The summed E-state index contributed by atoms with van der Waals surface area (Å²) in [6.07, 6.45) is 7.13. The summed E-state index contributed by atoms with van der Waals surface area (Å²) in [7, 11) is 0. The zero-order chi connectivity index (χ0) is 13.6. The van der Waals surface area contributed by atoms with E-state index < -0.39 is 26.5 Å². The molecule has 3 heteroatoms. The van der Waals surface area contributed by atoms with Gasteiger partial charge in [-0.2, -0.15) is 0 Å². The Kier molecular flexibility index (Phi) is 5.75. The van der Waals surface area contributed by atoms with E-state index in [1.165, 1.54) is 10.0 Å². The van der Waals surface area contributed by atoms with Gasteiger partial charge in [-0.05, 0) is 0 Å². The molecule has 1 saturated carbocycles. The molecule has 0 aliphatic heterocycles. The molecule has 104 valence electrons. The van der Waals surface area contributed by atoms with E-state index in [2.05, 4.69) is 24.3 Å². The molecule has 1 aromatic rings. The molecule has 2 nitrogen and oxygen atoms in total. The van der Waals surface area contributed by atoms with Gasteiger partial charge in [0.15, 0.2) is 0 Å². The summed E-state index contributed by atoms with van der Waals surface area (Å²) in [5.41, 5.74) is -0.606. The van der Waals surface area contributed by atoms with E-state index in [4.69, 9.17) is 4.74 Å². The van der Waals surface area contributed by atoms with Gasteiger partial charge in [0, 0.05) is 0 Å². The SMILES string of the molecule is CCO/C=C(\[Te]c1ccccc1)C1(O)CCCCC1. The Labute approximate surface area is 125 Å². The van der Waals surface area contributed by atoms with Gasteiger partial charge >= 0.3 is 126 Å². The molecule has 2 rings (SSSR count). The summed E-state index contributed by atoms with van der Waals surface area (Å²) in [4.78, 5) is 0. The third kappa shape index (κ3) is 4.24. The molecule has 0 aromatic heterocycles. The second kappa shape index (κ2) is 7.33. The first-order chi connectivity index (χ1) is 9.24. The molecule has 0 bridgehead atoms. The Hall–Kier alpha value is -0.490. The molecular formula is C16H22O2Te. The molecule has 1 N–H and O–H groups in total. The predicted molar refractivity (Wildman–Crippen MR) is 79.6 cm³/mol. The summed E-state index contributed by atoms with van der Waals surface area (Å²) in [5, 5.41) is 10.9. The molecule has 0 heterocycles. The summed E-state index contributed by atoms with van der Waals surface area (Å²) in [5.74, 6) is 0. The van der Waals surface area contributed by atoms with Crippen LogP contribution in [-0.4, -0.2) is 38.2 Å². The van der Waals surface area contributed by atoms with E-state index in [9.17, 15) is 5.11 Å². The summed E-state index contributed by atoms with van der Waals surface area (Å²) < 4.78 is 8.01. The monoisotopic (exact) mass is 376 g/mol. The van der Waals surface area contributed by atoms with Gasteiger partial charge in [0.05, 0.1) is 0 Å². The first-order valence-electron chi connectivity index (χ1n) is 7.02. The first-order valence-corrected chi connectivity index (χ1v) is 9.35. The number of benzene rings is 1. The second-order valence-electron chi connectivity index (χ2n) is 4.94. The maximum absolute atomic E-state index is 10.9. The van der Waals surface area contributed by atoms with Gasteiger partial charge in [-0.1, -0.05) is 0 Å². The molecule has 1 fully saturated rings. The van der Waals surface area contributed by atoms with Crippen LogP contribution < -0.4 is 3.61 Å². The third-order valence-electron chi connectivity index (χ3n) is 3.47. The van der Waals surface area contributed by atoms with Gasteiger partial charge in [0.2, 0.25) is 0 Å². The molecule has 1 aliphatic rings. The Morgan fingerprint density at radius 2 is 1.95 bits per heavy atom. The molecule has 0 unspecified atom stereocenters. The Morgan fingerprint density at radius 3 is 2.58 bits per heavy atom. The van der Waals surface area contributed by atoms with E-state index in [0.717, 1.165) is 29.3 Å². The minimum absolute atomic E-state index is 0.543. The molecule has 0 spiro atoms. The maximum atomic E-state index is 10.9. The fourth-order valence-corrected chi connectivity index (χ4v) is 5.40. The van der Waals surface area contributed by atoms with Crippen LogP contribution in [0.5, 0.6) is 0 Å². The summed E-state index contributed by atoms with van der Waals surface area (Å²) >= 11 is -0.543. The van der Waals surface area contributed by atoms with Crippen molar-refractivity contribution in [1.82, 2.24) is 0 Å². The zero-order valence-electron chi connectivity index (χ0n) is 11.5. The topological polar surface area (TPSA) is 29.5 Å². The normalized spacial score (nSPS) is 19.2. The van der Waals surface area contributed by atoms with Crippen molar-refractivity contribution < 1.29 is 9.84 Å². The number of rotatable bonds is 5. The van der Waals surface area contributed by atoms with E-state index in [1.807, 2.05) is 19.3 Å². The van der Waals surface area contributed by atoms with Crippen LogP contribution in [-0.2, 0) is 4.74 Å². The van der Waals surface area contributed by atoms with Crippen LogP contribution in [0.15, 0.2) is 40.2 Å². The van der Waals surface area contributed by atoms with E-state index in [0.29, 0.717) is 6.61 Å². The van der Waals surface area contributed by atoms with Crippen molar-refractivity contribution in [3.8, 4) is 0 Å². The summed E-state index contributed by atoms with van der Waals surface area (Å²) in [6.45, 7) is 2.66. The van der Waals surface area contributed by atoms with Gasteiger partial charge in [0.1, 0.15) is 0 Å². The van der Waals surface area contributed by atoms with E-state index >= 15 is 0 Å². The van der Waals surface area contributed by atoms with Crippen molar-refractivity contribution in [1.29, 1.82) is 0 Å². The van der Waals surface area contributed by atoms with Gasteiger partial charge in [-0.3, -0.25) is 0 Å². The average molecular weight is 374 g/mol. The second-order valence-corrected chi connectivity index (χ2v) is 8.13. The number of aliphatic hydroxyl groups is 1. The molecule has 0 atom stereocenters. The number of hydrogen-bond acceptors (Lipinski definition) is 2. The van der Waals surface area contributed by atoms with Crippen molar-refractivity contribution >= 4 is 24.5 Å². The van der Waals surface area contributed by atoms with Crippen LogP contribution in [0, 0.1) is 0 Å². The van der Waals surface area contributed by atoms with Crippen molar-refractivity contribution in [2.45, 2.75) is 44.6 Å². The molecule has 1 aliphatic carbocycles. The molecule has 19 heavy (non-hydrogen) atoms.